The lowest BCUT2D eigenvalue weighted by molar-refractivity contribution is -0.116. The summed E-state index contributed by atoms with van der Waals surface area (Å²) >= 11 is 7.15. The highest BCUT2D eigenvalue weighted by atomic mass is 35.5. The number of benzene rings is 1. The summed E-state index contributed by atoms with van der Waals surface area (Å²) in [4.78, 5) is 12.2. The molecular formula is C15H10ClN5OS. The molecule has 0 bridgehead atoms. The smallest absolute Gasteiger partial charge is 0.241 e. The minimum Gasteiger partial charge on any atom is -0.385 e. The molecule has 1 unspecified atom stereocenters. The van der Waals surface area contributed by atoms with Crippen molar-refractivity contribution in [1.82, 2.24) is 0 Å². The Labute approximate surface area is 140 Å². The van der Waals surface area contributed by atoms with Crippen LogP contribution in [0.5, 0.6) is 0 Å². The maximum absolute atomic E-state index is 12.2. The monoisotopic (exact) mass is 343 g/mol. The van der Waals surface area contributed by atoms with Crippen LogP contribution in [0, 0.1) is 17.2 Å². The van der Waals surface area contributed by atoms with Gasteiger partial charge in [0.2, 0.25) is 5.91 Å². The van der Waals surface area contributed by atoms with Crippen LogP contribution >= 0.6 is 22.9 Å². The first-order chi connectivity index (χ1) is 11.1. The molecule has 0 saturated carbocycles. The van der Waals surface area contributed by atoms with E-state index in [0.29, 0.717) is 15.6 Å². The fraction of sp³-hybridized carbons (Fsp3) is 0.0667. The minimum absolute atomic E-state index is 0.135. The van der Waals surface area contributed by atoms with Gasteiger partial charge in [0.15, 0.2) is 0 Å². The molecule has 1 atom stereocenters. The Morgan fingerprint density at radius 1 is 1.39 bits per heavy atom. The van der Waals surface area contributed by atoms with Crippen LogP contribution in [0.4, 0.5) is 5.00 Å². The van der Waals surface area contributed by atoms with Gasteiger partial charge in [-0.05, 0) is 17.7 Å². The molecule has 1 aromatic carbocycles. The van der Waals surface area contributed by atoms with E-state index in [9.17, 15) is 10.1 Å². The Morgan fingerprint density at radius 2 is 2.13 bits per heavy atom. The number of carbonyl (C=O) groups is 1. The van der Waals surface area contributed by atoms with Crippen LogP contribution in [0.2, 0.25) is 5.02 Å². The number of amides is 1. The Hall–Kier alpha value is -2.69. The number of amidine groups is 1. The molecule has 1 aliphatic rings. The first kappa shape index (κ1) is 15.2. The van der Waals surface area contributed by atoms with E-state index in [0.717, 1.165) is 11.1 Å². The van der Waals surface area contributed by atoms with E-state index in [2.05, 4.69) is 21.6 Å². The number of thiophene rings is 1. The van der Waals surface area contributed by atoms with Gasteiger partial charge in [0, 0.05) is 22.2 Å². The van der Waals surface area contributed by atoms with Gasteiger partial charge < -0.3 is 11.1 Å². The van der Waals surface area contributed by atoms with E-state index in [1.54, 1.807) is 12.1 Å². The van der Waals surface area contributed by atoms with Crippen molar-refractivity contribution in [2.24, 2.45) is 21.9 Å². The van der Waals surface area contributed by atoms with Gasteiger partial charge >= 0.3 is 0 Å². The SMILES string of the molecule is N#Cc1c(-c2ccc(Cl)cc2)csc1NC(=O)C1C=NN=C1N. The Balaban J connectivity index is 1.88. The summed E-state index contributed by atoms with van der Waals surface area (Å²) in [5, 5.41) is 22.3. The fourth-order valence-corrected chi connectivity index (χ4v) is 3.15. The van der Waals surface area contributed by atoms with Crippen molar-refractivity contribution in [3.63, 3.8) is 0 Å². The van der Waals surface area contributed by atoms with Gasteiger partial charge in [-0.25, -0.2) is 0 Å². The summed E-state index contributed by atoms with van der Waals surface area (Å²) < 4.78 is 0. The molecule has 2 aromatic rings. The highest BCUT2D eigenvalue weighted by Crippen LogP contribution is 2.35. The quantitative estimate of drug-likeness (QED) is 0.895. The maximum Gasteiger partial charge on any atom is 0.241 e. The fourth-order valence-electron chi connectivity index (χ4n) is 2.10. The Morgan fingerprint density at radius 3 is 2.74 bits per heavy atom. The predicted octanol–water partition coefficient (Wildman–Crippen LogP) is 2.85. The van der Waals surface area contributed by atoms with Crippen LogP contribution in [0.15, 0.2) is 39.8 Å². The Kier molecular flexibility index (Phi) is 4.10. The maximum atomic E-state index is 12.2. The molecule has 1 amide bonds. The van der Waals surface area contributed by atoms with Crippen molar-refractivity contribution in [3.05, 3.63) is 40.2 Å². The normalized spacial score (nSPS) is 16.0. The van der Waals surface area contributed by atoms with Crippen molar-refractivity contribution in [1.29, 1.82) is 5.26 Å². The van der Waals surface area contributed by atoms with Crippen molar-refractivity contribution >= 4 is 45.9 Å². The lowest BCUT2D eigenvalue weighted by Gasteiger charge is -2.07. The molecular weight excluding hydrogens is 334 g/mol. The number of nitrogens with two attached hydrogens (primary N) is 1. The molecule has 0 saturated heterocycles. The first-order valence-corrected chi connectivity index (χ1v) is 7.81. The zero-order valence-corrected chi connectivity index (χ0v) is 13.2. The molecule has 8 heteroatoms. The van der Waals surface area contributed by atoms with Crippen molar-refractivity contribution in [3.8, 4) is 17.2 Å². The number of anilines is 1. The van der Waals surface area contributed by atoms with E-state index in [1.165, 1.54) is 17.6 Å². The third-order valence-electron chi connectivity index (χ3n) is 3.28. The average Bonchev–Trinajstić information content (AvgIpc) is 3.14. The van der Waals surface area contributed by atoms with Gasteiger partial charge in [0.25, 0.3) is 0 Å². The molecule has 23 heavy (non-hydrogen) atoms. The number of nitrogens with zero attached hydrogens (tertiary/aromatic N) is 3. The molecule has 2 heterocycles. The second-order valence-corrected chi connectivity index (χ2v) is 6.04. The van der Waals surface area contributed by atoms with Crippen LogP contribution in [0.1, 0.15) is 5.56 Å². The van der Waals surface area contributed by atoms with Gasteiger partial charge in [0.1, 0.15) is 22.8 Å². The van der Waals surface area contributed by atoms with E-state index < -0.39 is 5.92 Å². The summed E-state index contributed by atoms with van der Waals surface area (Å²) in [7, 11) is 0. The second kappa shape index (κ2) is 6.20. The van der Waals surface area contributed by atoms with Crippen LogP contribution < -0.4 is 11.1 Å². The highest BCUT2D eigenvalue weighted by Gasteiger charge is 2.26. The topological polar surface area (TPSA) is 104 Å². The summed E-state index contributed by atoms with van der Waals surface area (Å²) in [6.45, 7) is 0. The molecule has 0 radical (unpaired) electrons. The van der Waals surface area contributed by atoms with Crippen molar-refractivity contribution < 1.29 is 4.79 Å². The third kappa shape index (κ3) is 2.95. The Bertz CT molecular complexity index is 863. The molecule has 114 valence electrons. The molecule has 6 nitrogen and oxygen atoms in total. The van der Waals surface area contributed by atoms with E-state index in [4.69, 9.17) is 17.3 Å². The van der Waals surface area contributed by atoms with Gasteiger partial charge in [0.05, 0.1) is 5.56 Å². The summed E-state index contributed by atoms with van der Waals surface area (Å²) in [5.41, 5.74) is 7.60. The zero-order valence-electron chi connectivity index (χ0n) is 11.7. The van der Waals surface area contributed by atoms with Gasteiger partial charge in [-0.1, -0.05) is 23.7 Å². The van der Waals surface area contributed by atoms with E-state index in [1.807, 2.05) is 17.5 Å². The summed E-state index contributed by atoms with van der Waals surface area (Å²) in [6.07, 6.45) is 1.37. The molecule has 0 aliphatic carbocycles. The van der Waals surface area contributed by atoms with Gasteiger partial charge in [-0.2, -0.15) is 10.4 Å². The lowest BCUT2D eigenvalue weighted by Crippen LogP contribution is -2.33. The summed E-state index contributed by atoms with van der Waals surface area (Å²) in [6, 6.07) is 9.28. The average molecular weight is 344 g/mol. The van der Waals surface area contributed by atoms with Crippen LogP contribution in [0.3, 0.4) is 0 Å². The van der Waals surface area contributed by atoms with Gasteiger partial charge in [-0.3, -0.25) is 4.79 Å². The lowest BCUT2D eigenvalue weighted by atomic mass is 10.0. The molecule has 3 rings (SSSR count). The van der Waals surface area contributed by atoms with E-state index in [-0.39, 0.29) is 11.7 Å². The van der Waals surface area contributed by atoms with Crippen molar-refractivity contribution in [2.45, 2.75) is 0 Å². The van der Waals surface area contributed by atoms with Crippen LogP contribution in [-0.2, 0) is 4.79 Å². The number of hydrogen-bond donors (Lipinski definition) is 2. The number of nitriles is 1. The third-order valence-corrected chi connectivity index (χ3v) is 4.43. The van der Waals surface area contributed by atoms with Gasteiger partial charge in [-0.15, -0.1) is 16.4 Å². The molecule has 0 spiro atoms. The second-order valence-electron chi connectivity index (χ2n) is 4.73. The number of nitrogens with one attached hydrogen (secondary N) is 1. The number of halogens is 1. The first-order valence-electron chi connectivity index (χ1n) is 6.55. The molecule has 0 fully saturated rings. The molecule has 3 N–H and O–H groups in total. The number of rotatable bonds is 3. The standard InChI is InChI=1S/C15H10ClN5OS/c16-9-3-1-8(2-4-9)12-7-23-15(10(12)5-17)20-14(22)11-6-19-21-13(11)18/h1-4,6-7,11H,(H2,18,21)(H,20,22). The number of hydrogen-bond acceptors (Lipinski definition) is 6. The predicted molar refractivity (Wildman–Crippen MR) is 91.7 cm³/mol. The number of carbonyl (C=O) groups excluding carboxylic acids is 1. The van der Waals surface area contributed by atoms with E-state index >= 15 is 0 Å². The summed E-state index contributed by atoms with van der Waals surface area (Å²) in [5.74, 6) is -0.938. The minimum atomic E-state index is -0.706. The molecule has 1 aliphatic heterocycles. The highest BCUT2D eigenvalue weighted by molar-refractivity contribution is 7.15. The van der Waals surface area contributed by atoms with Crippen LogP contribution in [-0.4, -0.2) is 18.0 Å². The molecule has 1 aromatic heterocycles. The van der Waals surface area contributed by atoms with Crippen molar-refractivity contribution in [2.75, 3.05) is 5.32 Å². The zero-order chi connectivity index (χ0) is 16.4. The van der Waals surface area contributed by atoms with Crippen LogP contribution in [0.25, 0.3) is 11.1 Å². The largest absolute Gasteiger partial charge is 0.385 e.